The van der Waals surface area contributed by atoms with Gasteiger partial charge >= 0.3 is 5.97 Å². The minimum atomic E-state index is -0.738. The van der Waals surface area contributed by atoms with Crippen LogP contribution in [-0.4, -0.2) is 35.7 Å². The Bertz CT molecular complexity index is 507. The van der Waals surface area contributed by atoms with Gasteiger partial charge in [-0.2, -0.15) is 0 Å². The molecule has 1 aliphatic heterocycles. The maximum absolute atomic E-state index is 11.4. The lowest BCUT2D eigenvalue weighted by atomic mass is 10.0. The monoisotopic (exact) mass is 405 g/mol. The average Bonchev–Trinajstić information content (AvgIpc) is 2.38. The van der Waals surface area contributed by atoms with Crippen molar-refractivity contribution in [3.63, 3.8) is 0 Å². The van der Waals surface area contributed by atoms with Crippen molar-refractivity contribution < 1.29 is 14.6 Å². The molecule has 1 fully saturated rings. The predicted octanol–water partition coefficient (Wildman–Crippen LogP) is 3.66. The molecule has 6 heteroatoms. The second-order valence-corrected chi connectivity index (χ2v) is 6.67. The molecule has 0 amide bonds. The number of ether oxygens (including phenoxy) is 1. The third-order valence-corrected chi connectivity index (χ3v) is 4.61. The highest BCUT2D eigenvalue weighted by Crippen LogP contribution is 2.34. The maximum atomic E-state index is 11.4. The molecule has 1 unspecified atom stereocenters. The Hall–Kier alpha value is -0.590. The smallest absolute Gasteiger partial charge is 0.320 e. The van der Waals surface area contributed by atoms with Crippen molar-refractivity contribution in [1.82, 2.24) is 4.90 Å². The van der Waals surface area contributed by atoms with Gasteiger partial charge in [0.25, 0.3) is 0 Å². The Balaban J connectivity index is 2.26. The van der Waals surface area contributed by atoms with E-state index >= 15 is 0 Å². The molecule has 2 rings (SSSR count). The first kappa shape index (κ1) is 15.8. The standard InChI is InChI=1S/C14H17Br2NO3/c1-20-13-9(6-10(15)7-11(13)16)8-17-5-3-2-4-12(17)14(18)19/h6-7,12H,2-5,8H2,1H3,(H,18,19). The van der Waals surface area contributed by atoms with Crippen molar-refractivity contribution in [3.05, 3.63) is 26.6 Å². The molecule has 1 N–H and O–H groups in total. The third kappa shape index (κ3) is 3.54. The topological polar surface area (TPSA) is 49.8 Å². The van der Waals surface area contributed by atoms with E-state index < -0.39 is 12.0 Å². The number of carbonyl (C=O) groups is 1. The Morgan fingerprint density at radius 3 is 2.85 bits per heavy atom. The minimum Gasteiger partial charge on any atom is -0.495 e. The summed E-state index contributed by atoms with van der Waals surface area (Å²) in [5, 5.41) is 9.33. The van der Waals surface area contributed by atoms with Gasteiger partial charge in [-0.25, -0.2) is 0 Å². The number of halogens is 2. The van der Waals surface area contributed by atoms with Crippen LogP contribution in [-0.2, 0) is 11.3 Å². The van der Waals surface area contributed by atoms with Gasteiger partial charge in [0.2, 0.25) is 0 Å². The summed E-state index contributed by atoms with van der Waals surface area (Å²) in [6.45, 7) is 1.39. The lowest BCUT2D eigenvalue weighted by Crippen LogP contribution is -2.44. The van der Waals surface area contributed by atoms with Gasteiger partial charge in [-0.1, -0.05) is 22.4 Å². The van der Waals surface area contributed by atoms with Gasteiger partial charge in [-0.3, -0.25) is 9.69 Å². The Labute approximate surface area is 135 Å². The number of nitrogens with zero attached hydrogens (tertiary/aromatic N) is 1. The van der Waals surface area contributed by atoms with E-state index in [2.05, 4.69) is 31.9 Å². The normalized spacial score (nSPS) is 19.9. The molecule has 1 saturated heterocycles. The SMILES string of the molecule is COc1c(Br)cc(Br)cc1CN1CCCCC1C(=O)O. The Kier molecular flexibility index (Phi) is 5.46. The van der Waals surface area contributed by atoms with Crippen molar-refractivity contribution >= 4 is 37.8 Å². The second-order valence-electron chi connectivity index (χ2n) is 4.90. The molecular weight excluding hydrogens is 390 g/mol. The molecular formula is C14H17Br2NO3. The molecule has 0 spiro atoms. The molecule has 0 radical (unpaired) electrons. The van der Waals surface area contributed by atoms with Crippen molar-refractivity contribution in [2.24, 2.45) is 0 Å². The van der Waals surface area contributed by atoms with Crippen LogP contribution in [0.5, 0.6) is 5.75 Å². The van der Waals surface area contributed by atoms with Crippen LogP contribution >= 0.6 is 31.9 Å². The summed E-state index contributed by atoms with van der Waals surface area (Å²) in [4.78, 5) is 13.4. The molecule has 110 valence electrons. The van der Waals surface area contributed by atoms with Gasteiger partial charge < -0.3 is 9.84 Å². The zero-order valence-electron chi connectivity index (χ0n) is 11.2. The van der Waals surface area contributed by atoms with Crippen molar-refractivity contribution in [2.45, 2.75) is 31.8 Å². The van der Waals surface area contributed by atoms with Crippen molar-refractivity contribution in [2.75, 3.05) is 13.7 Å². The first-order valence-electron chi connectivity index (χ1n) is 6.51. The highest BCUT2D eigenvalue weighted by Gasteiger charge is 2.29. The minimum absolute atomic E-state index is 0.397. The fourth-order valence-electron chi connectivity index (χ4n) is 2.64. The van der Waals surface area contributed by atoms with Crippen LogP contribution in [0.15, 0.2) is 21.1 Å². The van der Waals surface area contributed by atoms with E-state index in [1.807, 2.05) is 17.0 Å². The fourth-order valence-corrected chi connectivity index (χ4v) is 4.11. The van der Waals surface area contributed by atoms with Crippen LogP contribution in [0.1, 0.15) is 24.8 Å². The molecule has 4 nitrogen and oxygen atoms in total. The zero-order chi connectivity index (χ0) is 14.7. The molecule has 1 aromatic rings. The predicted molar refractivity (Wildman–Crippen MR) is 84.1 cm³/mol. The quantitative estimate of drug-likeness (QED) is 0.828. The summed E-state index contributed by atoms with van der Waals surface area (Å²) in [5.41, 5.74) is 0.988. The number of hydrogen-bond donors (Lipinski definition) is 1. The number of piperidine rings is 1. The highest BCUT2D eigenvalue weighted by molar-refractivity contribution is 9.11. The number of carboxylic acid groups (broad SMARTS) is 1. The first-order valence-corrected chi connectivity index (χ1v) is 8.10. The van der Waals surface area contributed by atoms with Crippen LogP contribution in [0.2, 0.25) is 0 Å². The second kappa shape index (κ2) is 6.91. The summed E-state index contributed by atoms with van der Waals surface area (Å²) in [5.74, 6) is 0.0284. The average molecular weight is 407 g/mol. The Morgan fingerprint density at radius 2 is 2.20 bits per heavy atom. The zero-order valence-corrected chi connectivity index (χ0v) is 14.4. The summed E-state index contributed by atoms with van der Waals surface area (Å²) < 4.78 is 7.24. The van der Waals surface area contributed by atoms with Crippen molar-refractivity contribution in [3.8, 4) is 5.75 Å². The van der Waals surface area contributed by atoms with Gasteiger partial charge in [0, 0.05) is 16.6 Å². The molecule has 0 aliphatic carbocycles. The van der Waals surface area contributed by atoms with Gasteiger partial charge in [-0.05, 0) is 47.4 Å². The number of carboxylic acids is 1. The molecule has 1 aromatic carbocycles. The molecule has 0 aromatic heterocycles. The van der Waals surface area contributed by atoms with E-state index in [-0.39, 0.29) is 0 Å². The number of likely N-dealkylation sites (tertiary alicyclic amines) is 1. The van der Waals surface area contributed by atoms with Gasteiger partial charge in [-0.15, -0.1) is 0 Å². The summed E-state index contributed by atoms with van der Waals surface area (Å²) >= 11 is 6.94. The number of methoxy groups -OCH3 is 1. The molecule has 1 atom stereocenters. The summed E-state index contributed by atoms with van der Waals surface area (Å²) in [7, 11) is 1.63. The molecule has 1 heterocycles. The molecule has 20 heavy (non-hydrogen) atoms. The van der Waals surface area contributed by atoms with Crippen LogP contribution in [0.25, 0.3) is 0 Å². The van der Waals surface area contributed by atoms with Gasteiger partial charge in [0.15, 0.2) is 0 Å². The summed E-state index contributed by atoms with van der Waals surface area (Å²) in [6, 6.07) is 3.51. The maximum Gasteiger partial charge on any atom is 0.320 e. The van der Waals surface area contributed by atoms with E-state index in [0.29, 0.717) is 13.0 Å². The Morgan fingerprint density at radius 1 is 1.45 bits per heavy atom. The third-order valence-electron chi connectivity index (χ3n) is 3.56. The fraction of sp³-hybridized carbons (Fsp3) is 0.500. The lowest BCUT2D eigenvalue weighted by molar-refractivity contribution is -0.144. The number of benzene rings is 1. The molecule has 0 saturated carbocycles. The van der Waals surface area contributed by atoms with E-state index in [1.54, 1.807) is 7.11 Å². The number of hydrogen-bond acceptors (Lipinski definition) is 3. The van der Waals surface area contributed by atoms with Crippen LogP contribution < -0.4 is 4.74 Å². The van der Waals surface area contributed by atoms with Crippen LogP contribution in [0, 0.1) is 0 Å². The summed E-state index contributed by atoms with van der Waals surface area (Å²) in [6.07, 6.45) is 2.74. The lowest BCUT2D eigenvalue weighted by Gasteiger charge is -2.33. The largest absolute Gasteiger partial charge is 0.495 e. The number of rotatable bonds is 4. The molecule has 1 aliphatic rings. The van der Waals surface area contributed by atoms with Gasteiger partial charge in [0.05, 0.1) is 11.6 Å². The van der Waals surface area contributed by atoms with E-state index in [0.717, 1.165) is 39.6 Å². The van der Waals surface area contributed by atoms with E-state index in [1.165, 1.54) is 0 Å². The number of aliphatic carboxylic acids is 1. The van der Waals surface area contributed by atoms with Crippen LogP contribution in [0.4, 0.5) is 0 Å². The van der Waals surface area contributed by atoms with E-state index in [9.17, 15) is 9.90 Å². The first-order chi connectivity index (χ1) is 9.52. The highest BCUT2D eigenvalue weighted by atomic mass is 79.9. The van der Waals surface area contributed by atoms with Crippen molar-refractivity contribution in [1.29, 1.82) is 0 Å². The van der Waals surface area contributed by atoms with Gasteiger partial charge in [0.1, 0.15) is 11.8 Å². The van der Waals surface area contributed by atoms with E-state index in [4.69, 9.17) is 4.74 Å². The van der Waals surface area contributed by atoms with Crippen LogP contribution in [0.3, 0.4) is 0 Å². The molecule has 0 bridgehead atoms.